The first-order valence-corrected chi connectivity index (χ1v) is 12.9. The molecule has 3 heterocycles. The summed E-state index contributed by atoms with van der Waals surface area (Å²) in [7, 11) is 0. The predicted octanol–water partition coefficient (Wildman–Crippen LogP) is 4.37. The van der Waals surface area contributed by atoms with E-state index in [9.17, 15) is 9.59 Å². The summed E-state index contributed by atoms with van der Waals surface area (Å²) in [5, 5.41) is 12.4. The summed E-state index contributed by atoms with van der Waals surface area (Å²) < 4.78 is 7.64. The van der Waals surface area contributed by atoms with Gasteiger partial charge in [-0.2, -0.15) is 0 Å². The van der Waals surface area contributed by atoms with E-state index in [1.54, 1.807) is 11.3 Å². The highest BCUT2D eigenvalue weighted by Crippen LogP contribution is 2.39. The first kappa shape index (κ1) is 26.3. The van der Waals surface area contributed by atoms with Crippen LogP contribution in [0.4, 0.5) is 0 Å². The minimum atomic E-state index is -0.596. The molecule has 9 heteroatoms. The number of amides is 1. The second-order valence-corrected chi connectivity index (χ2v) is 11.2. The van der Waals surface area contributed by atoms with Gasteiger partial charge >= 0.3 is 5.97 Å². The largest absolute Gasteiger partial charge is 0.460 e. The molecule has 0 saturated heterocycles. The lowest BCUT2D eigenvalue weighted by Gasteiger charge is -2.21. The van der Waals surface area contributed by atoms with Crippen LogP contribution in [0.2, 0.25) is 0 Å². The molecule has 0 fully saturated rings. The fraction of sp³-hybridized carbons (Fsp3) is 0.393. The Bertz CT molecular complexity index is 1450. The third kappa shape index (κ3) is 5.81. The van der Waals surface area contributed by atoms with Crippen LogP contribution in [0.5, 0.6) is 0 Å². The van der Waals surface area contributed by atoms with Gasteiger partial charge in [-0.15, -0.1) is 21.5 Å². The first-order valence-electron chi connectivity index (χ1n) is 12.1. The molecule has 1 amide bonds. The number of thiophene rings is 1. The standard InChI is InChI=1S/C28H31N5O3S/c1-16-17(2)37-27-24(16)25(21-12-10-20(11-13-21)9-8-14-29-19(4)34)30-22(15-23(35)36-28(5,6)7)26-32-31-18(3)33(26)27/h10-13,22H,14-15H2,1-7H3,(H,29,34)/t22-/m1/s1. The molecule has 0 radical (unpaired) electrons. The second-order valence-electron chi connectivity index (χ2n) is 9.98. The number of hydrogen-bond donors (Lipinski definition) is 1. The molecule has 1 atom stereocenters. The zero-order valence-corrected chi connectivity index (χ0v) is 23.0. The molecule has 2 aromatic heterocycles. The fourth-order valence-corrected chi connectivity index (χ4v) is 5.31. The molecule has 1 aromatic carbocycles. The van der Waals surface area contributed by atoms with Gasteiger partial charge in [-0.05, 0) is 59.2 Å². The van der Waals surface area contributed by atoms with Gasteiger partial charge in [-0.1, -0.05) is 24.0 Å². The number of nitrogens with zero attached hydrogens (tertiary/aromatic N) is 4. The lowest BCUT2D eigenvalue weighted by atomic mass is 9.98. The van der Waals surface area contributed by atoms with Crippen molar-refractivity contribution in [1.82, 2.24) is 20.1 Å². The molecule has 0 bridgehead atoms. The lowest BCUT2D eigenvalue weighted by Crippen LogP contribution is -2.25. The van der Waals surface area contributed by atoms with Gasteiger partial charge in [-0.3, -0.25) is 19.1 Å². The number of carbonyl (C=O) groups excluding carboxylic acids is 2. The number of carbonyl (C=O) groups is 2. The quantitative estimate of drug-likeness (QED) is 0.409. The van der Waals surface area contributed by atoms with Gasteiger partial charge < -0.3 is 10.1 Å². The highest BCUT2D eigenvalue weighted by molar-refractivity contribution is 7.15. The molecule has 1 aliphatic heterocycles. The SMILES string of the molecule is CC(=O)NCC#Cc1ccc(C2=N[C@H](CC(=O)OC(C)(C)C)c3nnc(C)n3-c3sc(C)c(C)c32)cc1. The van der Waals surface area contributed by atoms with Gasteiger partial charge in [0.2, 0.25) is 5.91 Å². The predicted molar refractivity (Wildman–Crippen MR) is 144 cm³/mol. The van der Waals surface area contributed by atoms with Crippen LogP contribution in [0.3, 0.4) is 0 Å². The van der Waals surface area contributed by atoms with Crippen LogP contribution in [-0.2, 0) is 14.3 Å². The Morgan fingerprint density at radius 3 is 2.49 bits per heavy atom. The Kier molecular flexibility index (Phi) is 7.32. The van der Waals surface area contributed by atoms with E-state index in [-0.39, 0.29) is 18.3 Å². The number of fused-ring (bicyclic) bond motifs is 3. The molecule has 0 aliphatic carbocycles. The number of aliphatic imine (C=N–C) groups is 1. The zero-order chi connectivity index (χ0) is 26.9. The molecule has 192 valence electrons. The van der Waals surface area contributed by atoms with Crippen molar-refractivity contribution in [1.29, 1.82) is 0 Å². The van der Waals surface area contributed by atoms with Gasteiger partial charge in [0.25, 0.3) is 0 Å². The Morgan fingerprint density at radius 2 is 1.84 bits per heavy atom. The monoisotopic (exact) mass is 517 g/mol. The molecule has 0 unspecified atom stereocenters. The molecule has 1 N–H and O–H groups in total. The van der Waals surface area contributed by atoms with E-state index in [0.717, 1.165) is 38.8 Å². The van der Waals surface area contributed by atoms with Crippen molar-refractivity contribution in [3.8, 4) is 16.8 Å². The summed E-state index contributed by atoms with van der Waals surface area (Å²) in [6.45, 7) is 13.4. The Morgan fingerprint density at radius 1 is 1.14 bits per heavy atom. The molecule has 1 aliphatic rings. The average molecular weight is 518 g/mol. The van der Waals surface area contributed by atoms with Crippen molar-refractivity contribution in [3.63, 3.8) is 0 Å². The number of ether oxygens (including phenoxy) is 1. The maximum Gasteiger partial charge on any atom is 0.308 e. The van der Waals surface area contributed by atoms with Crippen LogP contribution in [-0.4, -0.2) is 44.5 Å². The van der Waals surface area contributed by atoms with E-state index >= 15 is 0 Å². The number of nitrogens with one attached hydrogen (secondary N) is 1. The van der Waals surface area contributed by atoms with Crippen molar-refractivity contribution >= 4 is 28.9 Å². The molecule has 0 spiro atoms. The average Bonchev–Trinajstić information content (AvgIpc) is 3.28. The van der Waals surface area contributed by atoms with Crippen LogP contribution in [0.25, 0.3) is 5.00 Å². The normalized spacial score (nSPS) is 14.5. The third-order valence-corrected chi connectivity index (χ3v) is 7.03. The van der Waals surface area contributed by atoms with Crippen LogP contribution in [0.15, 0.2) is 29.3 Å². The van der Waals surface area contributed by atoms with E-state index < -0.39 is 11.6 Å². The second kappa shape index (κ2) is 10.3. The Balaban J connectivity index is 1.79. The van der Waals surface area contributed by atoms with Crippen LogP contribution in [0, 0.1) is 32.6 Å². The summed E-state index contributed by atoms with van der Waals surface area (Å²) in [5.41, 5.74) is 4.10. The van der Waals surface area contributed by atoms with E-state index in [1.165, 1.54) is 11.8 Å². The minimum absolute atomic E-state index is 0.0541. The number of rotatable bonds is 4. The summed E-state index contributed by atoms with van der Waals surface area (Å²) in [5.74, 6) is 6.94. The van der Waals surface area contributed by atoms with Crippen molar-refractivity contribution in [3.05, 3.63) is 63.0 Å². The summed E-state index contributed by atoms with van der Waals surface area (Å²) in [6, 6.07) is 7.29. The van der Waals surface area contributed by atoms with Crippen LogP contribution in [0.1, 0.15) is 78.9 Å². The molecule has 3 aromatic rings. The topological polar surface area (TPSA) is 98.5 Å². The smallest absolute Gasteiger partial charge is 0.308 e. The number of benzene rings is 1. The highest BCUT2D eigenvalue weighted by Gasteiger charge is 2.33. The van der Waals surface area contributed by atoms with E-state index in [2.05, 4.69) is 41.2 Å². The summed E-state index contributed by atoms with van der Waals surface area (Å²) in [6.07, 6.45) is 0.0541. The first-order chi connectivity index (χ1) is 17.4. The van der Waals surface area contributed by atoms with Gasteiger partial charge in [0, 0.05) is 28.5 Å². The van der Waals surface area contributed by atoms with Crippen molar-refractivity contribution in [2.75, 3.05) is 6.54 Å². The van der Waals surface area contributed by atoms with Crippen molar-refractivity contribution in [2.24, 2.45) is 4.99 Å². The zero-order valence-electron chi connectivity index (χ0n) is 22.2. The number of aryl methyl sites for hydroxylation is 2. The third-order valence-electron chi connectivity index (χ3n) is 5.84. The van der Waals surface area contributed by atoms with E-state index in [1.807, 2.05) is 56.5 Å². The van der Waals surface area contributed by atoms with E-state index in [4.69, 9.17) is 9.73 Å². The number of aromatic nitrogens is 3. The van der Waals surface area contributed by atoms with Crippen LogP contribution < -0.4 is 5.32 Å². The Hall–Kier alpha value is -3.77. The maximum atomic E-state index is 12.9. The van der Waals surface area contributed by atoms with Gasteiger partial charge in [0.1, 0.15) is 22.5 Å². The lowest BCUT2D eigenvalue weighted by molar-refractivity contribution is -0.155. The van der Waals surface area contributed by atoms with Crippen molar-refractivity contribution in [2.45, 2.75) is 66.5 Å². The van der Waals surface area contributed by atoms with Gasteiger partial charge in [-0.25, -0.2) is 0 Å². The highest BCUT2D eigenvalue weighted by atomic mass is 32.1. The maximum absolute atomic E-state index is 12.9. The molecule has 37 heavy (non-hydrogen) atoms. The molecule has 4 rings (SSSR count). The van der Waals surface area contributed by atoms with E-state index in [0.29, 0.717) is 12.4 Å². The molecular formula is C28H31N5O3S. The minimum Gasteiger partial charge on any atom is -0.460 e. The van der Waals surface area contributed by atoms with Crippen molar-refractivity contribution < 1.29 is 14.3 Å². The molecule has 0 saturated carbocycles. The van der Waals surface area contributed by atoms with Crippen LogP contribution >= 0.6 is 11.3 Å². The fourth-order valence-electron chi connectivity index (χ4n) is 4.09. The number of hydrogen-bond acceptors (Lipinski definition) is 7. The Labute approximate surface area is 221 Å². The molecule has 8 nitrogen and oxygen atoms in total. The molecular weight excluding hydrogens is 486 g/mol. The van der Waals surface area contributed by atoms with Gasteiger partial charge in [0.05, 0.1) is 18.7 Å². The summed E-state index contributed by atoms with van der Waals surface area (Å²) >= 11 is 1.67. The summed E-state index contributed by atoms with van der Waals surface area (Å²) in [4.78, 5) is 30.2. The number of esters is 1. The van der Waals surface area contributed by atoms with Gasteiger partial charge in [0.15, 0.2) is 5.82 Å².